The van der Waals surface area contributed by atoms with Gasteiger partial charge in [-0.1, -0.05) is 6.08 Å². The molecule has 0 aliphatic rings. The van der Waals surface area contributed by atoms with Crippen LogP contribution in [0.2, 0.25) is 0 Å². The van der Waals surface area contributed by atoms with E-state index in [0.717, 1.165) is 17.3 Å². The van der Waals surface area contributed by atoms with Crippen molar-refractivity contribution in [2.75, 3.05) is 12.9 Å². The molecule has 0 radical (unpaired) electrons. The predicted octanol–water partition coefficient (Wildman–Crippen LogP) is 3.83. The fraction of sp³-hybridized carbons (Fsp3) is 0.125. The van der Waals surface area contributed by atoms with Crippen molar-refractivity contribution in [1.29, 1.82) is 0 Å². The number of ether oxygens (including phenoxy) is 1. The average Bonchev–Trinajstić information content (AvgIpc) is 3.03. The first-order valence-corrected chi connectivity index (χ1v) is 8.30. The van der Waals surface area contributed by atoms with Crippen LogP contribution < -0.4 is 4.74 Å². The molecule has 114 valence electrons. The number of thiophene rings is 1. The standard InChI is InChI=1S/C16H14O4S2/c1-20-14-8-12(3-5-15(14)22-10-16(18)19)13(17)4-2-11-6-7-21-9-11/h2-9H,10H2,1H3,(H,18,19). The highest BCUT2D eigenvalue weighted by molar-refractivity contribution is 8.00. The van der Waals surface area contributed by atoms with Gasteiger partial charge in [0.2, 0.25) is 0 Å². The number of allylic oxidation sites excluding steroid dienone is 1. The van der Waals surface area contributed by atoms with Crippen molar-refractivity contribution in [1.82, 2.24) is 0 Å². The summed E-state index contributed by atoms with van der Waals surface area (Å²) in [7, 11) is 1.50. The summed E-state index contributed by atoms with van der Waals surface area (Å²) in [5.41, 5.74) is 1.49. The van der Waals surface area contributed by atoms with E-state index in [2.05, 4.69) is 0 Å². The lowest BCUT2D eigenvalue weighted by molar-refractivity contribution is -0.133. The lowest BCUT2D eigenvalue weighted by Crippen LogP contribution is -2.00. The monoisotopic (exact) mass is 334 g/mol. The smallest absolute Gasteiger partial charge is 0.313 e. The SMILES string of the molecule is COc1cc(C(=O)C=Cc2ccsc2)ccc1SCC(=O)O. The van der Waals surface area contributed by atoms with E-state index in [9.17, 15) is 9.59 Å². The van der Waals surface area contributed by atoms with Crippen LogP contribution in [0.3, 0.4) is 0 Å². The van der Waals surface area contributed by atoms with Crippen molar-refractivity contribution < 1.29 is 19.4 Å². The summed E-state index contributed by atoms with van der Waals surface area (Å²) in [5, 5.41) is 12.6. The van der Waals surface area contributed by atoms with Gasteiger partial charge in [0, 0.05) is 10.5 Å². The largest absolute Gasteiger partial charge is 0.496 e. The third-order valence-electron chi connectivity index (χ3n) is 2.77. The number of carbonyl (C=O) groups excluding carboxylic acids is 1. The highest BCUT2D eigenvalue weighted by Gasteiger charge is 2.10. The molecule has 0 fully saturated rings. The second-order valence-corrected chi connectivity index (χ2v) is 6.10. The van der Waals surface area contributed by atoms with Crippen LogP contribution in [-0.2, 0) is 4.79 Å². The Morgan fingerprint density at radius 3 is 2.82 bits per heavy atom. The topological polar surface area (TPSA) is 63.6 Å². The van der Waals surface area contributed by atoms with Gasteiger partial charge >= 0.3 is 5.97 Å². The van der Waals surface area contributed by atoms with Crippen molar-refractivity contribution >= 4 is 40.9 Å². The number of thioether (sulfide) groups is 1. The summed E-state index contributed by atoms with van der Waals surface area (Å²) in [5.74, 6) is -0.576. The minimum atomic E-state index is -0.897. The molecule has 0 bridgehead atoms. The Balaban J connectivity index is 2.14. The second-order valence-electron chi connectivity index (χ2n) is 4.30. The molecule has 2 aromatic rings. The van der Waals surface area contributed by atoms with Crippen LogP contribution in [0.1, 0.15) is 15.9 Å². The summed E-state index contributed by atoms with van der Waals surface area (Å²) in [6, 6.07) is 6.94. The van der Waals surface area contributed by atoms with Gasteiger partial charge in [0.15, 0.2) is 5.78 Å². The number of carbonyl (C=O) groups is 2. The average molecular weight is 334 g/mol. The third-order valence-corrected chi connectivity index (χ3v) is 4.51. The Morgan fingerprint density at radius 1 is 1.36 bits per heavy atom. The molecular formula is C16H14O4S2. The second kappa shape index (κ2) is 7.82. The predicted molar refractivity (Wildman–Crippen MR) is 89.0 cm³/mol. The molecule has 4 nitrogen and oxygen atoms in total. The number of carboxylic acid groups (broad SMARTS) is 1. The number of hydrogen-bond acceptors (Lipinski definition) is 5. The van der Waals surface area contributed by atoms with E-state index < -0.39 is 5.97 Å². The molecule has 0 unspecified atom stereocenters. The van der Waals surface area contributed by atoms with Crippen LogP contribution >= 0.6 is 23.1 Å². The van der Waals surface area contributed by atoms with Gasteiger partial charge in [0.1, 0.15) is 5.75 Å². The Bertz CT molecular complexity index is 690. The molecule has 2 rings (SSSR count). The van der Waals surface area contributed by atoms with E-state index in [4.69, 9.17) is 9.84 Å². The molecular weight excluding hydrogens is 320 g/mol. The zero-order valence-corrected chi connectivity index (χ0v) is 13.4. The van der Waals surface area contributed by atoms with Gasteiger partial charge in [-0.3, -0.25) is 9.59 Å². The minimum Gasteiger partial charge on any atom is -0.496 e. The van der Waals surface area contributed by atoms with Gasteiger partial charge < -0.3 is 9.84 Å². The molecule has 0 saturated heterocycles. The van der Waals surface area contributed by atoms with Gasteiger partial charge in [-0.05, 0) is 46.7 Å². The van der Waals surface area contributed by atoms with Crippen LogP contribution in [0.5, 0.6) is 5.75 Å². The molecule has 6 heteroatoms. The zero-order chi connectivity index (χ0) is 15.9. The third kappa shape index (κ3) is 4.47. The van der Waals surface area contributed by atoms with Crippen LogP contribution in [0, 0.1) is 0 Å². The molecule has 0 aliphatic carbocycles. The lowest BCUT2D eigenvalue weighted by atomic mass is 10.1. The number of rotatable bonds is 7. The maximum atomic E-state index is 12.1. The molecule has 0 amide bonds. The van der Waals surface area contributed by atoms with Crippen molar-refractivity contribution in [2.24, 2.45) is 0 Å². The highest BCUT2D eigenvalue weighted by atomic mass is 32.2. The lowest BCUT2D eigenvalue weighted by Gasteiger charge is -2.08. The maximum Gasteiger partial charge on any atom is 0.313 e. The van der Waals surface area contributed by atoms with Crippen LogP contribution in [-0.4, -0.2) is 29.7 Å². The molecule has 0 atom stereocenters. The summed E-state index contributed by atoms with van der Waals surface area (Å²) >= 11 is 2.73. The summed E-state index contributed by atoms with van der Waals surface area (Å²) in [4.78, 5) is 23.5. The van der Waals surface area contributed by atoms with E-state index in [1.54, 1.807) is 35.6 Å². The molecule has 22 heavy (non-hydrogen) atoms. The highest BCUT2D eigenvalue weighted by Crippen LogP contribution is 2.30. The maximum absolute atomic E-state index is 12.1. The van der Waals surface area contributed by atoms with Gasteiger partial charge in [-0.25, -0.2) is 0 Å². The normalized spacial score (nSPS) is 10.8. The van der Waals surface area contributed by atoms with Crippen LogP contribution in [0.25, 0.3) is 6.08 Å². The van der Waals surface area contributed by atoms with Crippen molar-refractivity contribution in [3.63, 3.8) is 0 Å². The molecule has 0 spiro atoms. The number of carboxylic acids is 1. The number of aliphatic carboxylic acids is 1. The first-order chi connectivity index (χ1) is 10.6. The molecule has 1 aromatic heterocycles. The molecule has 0 aliphatic heterocycles. The first kappa shape index (κ1) is 16.3. The number of ketones is 1. The summed E-state index contributed by atoms with van der Waals surface area (Å²) < 4.78 is 5.23. The van der Waals surface area contributed by atoms with Crippen LogP contribution in [0.15, 0.2) is 46.0 Å². The quantitative estimate of drug-likeness (QED) is 0.474. The number of benzene rings is 1. The molecule has 1 N–H and O–H groups in total. The molecule has 1 aromatic carbocycles. The first-order valence-electron chi connectivity index (χ1n) is 6.37. The molecule has 1 heterocycles. The van der Waals surface area contributed by atoms with E-state index in [0.29, 0.717) is 16.2 Å². The van der Waals surface area contributed by atoms with Gasteiger partial charge in [0.05, 0.1) is 12.9 Å². The van der Waals surface area contributed by atoms with Crippen LogP contribution in [0.4, 0.5) is 0 Å². The van der Waals surface area contributed by atoms with Crippen molar-refractivity contribution in [2.45, 2.75) is 4.90 Å². The molecule has 0 saturated carbocycles. The van der Waals surface area contributed by atoms with Gasteiger partial charge in [0.25, 0.3) is 0 Å². The van der Waals surface area contributed by atoms with Crippen molar-refractivity contribution in [3.05, 3.63) is 52.2 Å². The van der Waals surface area contributed by atoms with E-state index in [1.807, 2.05) is 16.8 Å². The Kier molecular flexibility index (Phi) is 5.80. The zero-order valence-electron chi connectivity index (χ0n) is 11.8. The Hall–Kier alpha value is -2.05. The van der Waals surface area contributed by atoms with E-state index in [-0.39, 0.29) is 11.5 Å². The number of methoxy groups -OCH3 is 1. The summed E-state index contributed by atoms with van der Waals surface area (Å²) in [6.07, 6.45) is 3.28. The van der Waals surface area contributed by atoms with E-state index in [1.165, 1.54) is 13.2 Å². The van der Waals surface area contributed by atoms with Gasteiger partial charge in [-0.15, -0.1) is 11.8 Å². The van der Waals surface area contributed by atoms with Gasteiger partial charge in [-0.2, -0.15) is 11.3 Å². The summed E-state index contributed by atoms with van der Waals surface area (Å²) in [6.45, 7) is 0. The Labute approximate surface area is 136 Å². The Morgan fingerprint density at radius 2 is 2.18 bits per heavy atom. The number of hydrogen-bond donors (Lipinski definition) is 1. The van der Waals surface area contributed by atoms with Crippen molar-refractivity contribution in [3.8, 4) is 5.75 Å². The fourth-order valence-corrected chi connectivity index (χ4v) is 3.07. The van der Waals surface area contributed by atoms with E-state index >= 15 is 0 Å². The fourth-order valence-electron chi connectivity index (χ4n) is 1.72. The minimum absolute atomic E-state index is 0.0539.